The van der Waals surface area contributed by atoms with Crippen molar-refractivity contribution in [3.05, 3.63) is 0 Å². The summed E-state index contributed by atoms with van der Waals surface area (Å²) in [5, 5.41) is 3.02. The number of nitrogens with one attached hydrogen (secondary N) is 1. The quantitative estimate of drug-likeness (QED) is 0.664. The van der Waals surface area contributed by atoms with Gasteiger partial charge in [-0.1, -0.05) is 53.4 Å². The molecule has 0 spiro atoms. The summed E-state index contributed by atoms with van der Waals surface area (Å²) >= 11 is 0. The zero-order valence-electron chi connectivity index (χ0n) is 14.2. The van der Waals surface area contributed by atoms with Crippen molar-refractivity contribution in [2.75, 3.05) is 6.54 Å². The first-order valence-electron chi connectivity index (χ1n) is 8.69. The summed E-state index contributed by atoms with van der Waals surface area (Å²) in [4.78, 5) is 27.2. The number of nitrogens with zero attached hydrogens (tertiary/aromatic N) is 1. The third kappa shape index (κ3) is 3.98. The highest BCUT2D eigenvalue weighted by atomic mass is 16.2. The van der Waals surface area contributed by atoms with Gasteiger partial charge in [0.2, 0.25) is 11.8 Å². The minimum absolute atomic E-state index is 0.0376. The van der Waals surface area contributed by atoms with Gasteiger partial charge in [0.1, 0.15) is 11.6 Å². The molecule has 122 valence electrons. The van der Waals surface area contributed by atoms with E-state index in [-0.39, 0.29) is 17.9 Å². The van der Waals surface area contributed by atoms with E-state index in [2.05, 4.69) is 19.2 Å². The Hall–Kier alpha value is -1.06. The summed E-state index contributed by atoms with van der Waals surface area (Å²) in [5.41, 5.74) is -0.675. The van der Waals surface area contributed by atoms with Gasteiger partial charge in [0.25, 0.3) is 0 Å². The average molecular weight is 296 g/mol. The van der Waals surface area contributed by atoms with Gasteiger partial charge in [-0.05, 0) is 25.7 Å². The Bertz CT molecular complexity index is 351. The fourth-order valence-corrected chi connectivity index (χ4v) is 3.19. The lowest BCUT2D eigenvalue weighted by atomic mass is 9.86. The Labute approximate surface area is 129 Å². The maximum absolute atomic E-state index is 12.9. The van der Waals surface area contributed by atoms with Gasteiger partial charge in [-0.2, -0.15) is 0 Å². The van der Waals surface area contributed by atoms with Crippen molar-refractivity contribution in [2.45, 2.75) is 90.6 Å². The van der Waals surface area contributed by atoms with Crippen LogP contribution in [-0.4, -0.2) is 34.8 Å². The van der Waals surface area contributed by atoms with Gasteiger partial charge in [-0.15, -0.1) is 0 Å². The van der Waals surface area contributed by atoms with Crippen LogP contribution < -0.4 is 5.32 Å². The van der Waals surface area contributed by atoms with E-state index in [0.29, 0.717) is 12.8 Å². The zero-order valence-corrected chi connectivity index (χ0v) is 14.2. The van der Waals surface area contributed by atoms with Gasteiger partial charge >= 0.3 is 0 Å². The lowest BCUT2D eigenvalue weighted by Crippen LogP contribution is -2.70. The van der Waals surface area contributed by atoms with E-state index in [0.717, 1.165) is 32.2 Å². The van der Waals surface area contributed by atoms with Crippen molar-refractivity contribution in [2.24, 2.45) is 0 Å². The summed E-state index contributed by atoms with van der Waals surface area (Å²) in [6.45, 7) is 8.93. The summed E-state index contributed by atoms with van der Waals surface area (Å²) in [6, 6.07) is -0.268. The van der Waals surface area contributed by atoms with Crippen molar-refractivity contribution in [1.29, 1.82) is 0 Å². The Morgan fingerprint density at radius 1 is 1.00 bits per heavy atom. The van der Waals surface area contributed by atoms with Crippen LogP contribution in [0.3, 0.4) is 0 Å². The second-order valence-electron chi connectivity index (χ2n) is 6.14. The van der Waals surface area contributed by atoms with Crippen LogP contribution in [0.4, 0.5) is 0 Å². The molecular weight excluding hydrogens is 264 g/mol. The molecule has 0 aliphatic carbocycles. The van der Waals surface area contributed by atoms with Gasteiger partial charge in [0.05, 0.1) is 0 Å². The molecule has 1 saturated heterocycles. The van der Waals surface area contributed by atoms with E-state index in [1.165, 1.54) is 12.8 Å². The molecule has 0 bridgehead atoms. The molecule has 1 aliphatic heterocycles. The summed E-state index contributed by atoms with van der Waals surface area (Å²) in [5.74, 6) is 0.165. The smallest absolute Gasteiger partial charge is 0.248 e. The standard InChI is InChI=1S/C17H32N2O2/c1-5-9-10-11-13-19-14(12-6-2)15(20)18-17(7-3,8-4)16(19)21/h14H,5-13H2,1-4H3,(H,18,20). The average Bonchev–Trinajstić information content (AvgIpc) is 2.49. The Morgan fingerprint density at radius 3 is 2.19 bits per heavy atom. The predicted molar refractivity (Wildman–Crippen MR) is 86.0 cm³/mol. The fourth-order valence-electron chi connectivity index (χ4n) is 3.19. The van der Waals surface area contributed by atoms with E-state index in [9.17, 15) is 9.59 Å². The highest BCUT2D eigenvalue weighted by Gasteiger charge is 2.48. The van der Waals surface area contributed by atoms with E-state index in [1.54, 1.807) is 0 Å². The first-order valence-corrected chi connectivity index (χ1v) is 8.69. The van der Waals surface area contributed by atoms with Crippen molar-refractivity contribution >= 4 is 11.8 Å². The van der Waals surface area contributed by atoms with E-state index < -0.39 is 5.54 Å². The summed E-state index contributed by atoms with van der Waals surface area (Å²) < 4.78 is 0. The van der Waals surface area contributed by atoms with Crippen LogP contribution in [0.15, 0.2) is 0 Å². The number of piperazine rings is 1. The molecule has 21 heavy (non-hydrogen) atoms. The van der Waals surface area contributed by atoms with Crippen LogP contribution in [0.5, 0.6) is 0 Å². The van der Waals surface area contributed by atoms with Gasteiger partial charge in [-0.25, -0.2) is 0 Å². The molecule has 4 heteroatoms. The minimum Gasteiger partial charge on any atom is -0.340 e. The Kier molecular flexibility index (Phi) is 7.20. The predicted octanol–water partition coefficient (Wildman–Crippen LogP) is 3.25. The third-order valence-electron chi connectivity index (χ3n) is 4.73. The number of unbranched alkanes of at least 4 members (excludes halogenated alkanes) is 3. The molecular formula is C17H32N2O2. The summed E-state index contributed by atoms with van der Waals surface area (Å²) in [7, 11) is 0. The number of amides is 2. The molecule has 0 radical (unpaired) electrons. The second kappa shape index (κ2) is 8.40. The molecule has 1 N–H and O–H groups in total. The highest BCUT2D eigenvalue weighted by molar-refractivity contribution is 5.99. The van der Waals surface area contributed by atoms with Gasteiger partial charge in [0, 0.05) is 6.54 Å². The Balaban J connectivity index is 2.87. The second-order valence-corrected chi connectivity index (χ2v) is 6.14. The van der Waals surface area contributed by atoms with Crippen LogP contribution >= 0.6 is 0 Å². The van der Waals surface area contributed by atoms with Crippen LogP contribution in [0.2, 0.25) is 0 Å². The molecule has 1 rings (SSSR count). The topological polar surface area (TPSA) is 49.4 Å². The lowest BCUT2D eigenvalue weighted by Gasteiger charge is -2.45. The van der Waals surface area contributed by atoms with Crippen LogP contribution in [0.25, 0.3) is 0 Å². The first kappa shape index (κ1) is 18.0. The number of carbonyl (C=O) groups is 2. The summed E-state index contributed by atoms with van der Waals surface area (Å²) in [6.07, 6.45) is 7.51. The maximum atomic E-state index is 12.9. The van der Waals surface area contributed by atoms with Gasteiger partial charge < -0.3 is 10.2 Å². The molecule has 1 heterocycles. The molecule has 0 aromatic carbocycles. The largest absolute Gasteiger partial charge is 0.340 e. The third-order valence-corrected chi connectivity index (χ3v) is 4.73. The van der Waals surface area contributed by atoms with Crippen molar-refractivity contribution in [1.82, 2.24) is 10.2 Å². The number of carbonyl (C=O) groups excluding carboxylic acids is 2. The molecule has 1 aliphatic rings. The maximum Gasteiger partial charge on any atom is 0.248 e. The number of rotatable bonds is 9. The molecule has 2 amide bonds. The number of hydrogen-bond donors (Lipinski definition) is 1. The monoisotopic (exact) mass is 296 g/mol. The van der Waals surface area contributed by atoms with Gasteiger partial charge in [-0.3, -0.25) is 9.59 Å². The molecule has 0 aromatic heterocycles. The molecule has 1 atom stereocenters. The molecule has 0 aromatic rings. The van der Waals surface area contributed by atoms with Gasteiger partial charge in [0.15, 0.2) is 0 Å². The normalized spacial score (nSPS) is 21.5. The minimum atomic E-state index is -0.675. The zero-order chi connectivity index (χ0) is 15.9. The van der Waals surface area contributed by atoms with E-state index >= 15 is 0 Å². The van der Waals surface area contributed by atoms with Crippen LogP contribution in [0, 0.1) is 0 Å². The first-order chi connectivity index (χ1) is 10.1. The van der Waals surface area contributed by atoms with Crippen molar-refractivity contribution < 1.29 is 9.59 Å². The highest BCUT2D eigenvalue weighted by Crippen LogP contribution is 2.27. The molecule has 4 nitrogen and oxygen atoms in total. The lowest BCUT2D eigenvalue weighted by molar-refractivity contribution is -0.156. The fraction of sp³-hybridized carbons (Fsp3) is 0.882. The van der Waals surface area contributed by atoms with E-state index in [1.807, 2.05) is 18.7 Å². The van der Waals surface area contributed by atoms with Crippen LogP contribution in [-0.2, 0) is 9.59 Å². The van der Waals surface area contributed by atoms with Crippen molar-refractivity contribution in [3.8, 4) is 0 Å². The van der Waals surface area contributed by atoms with Crippen molar-refractivity contribution in [3.63, 3.8) is 0 Å². The van der Waals surface area contributed by atoms with E-state index in [4.69, 9.17) is 0 Å². The SMILES string of the molecule is CCCCCCN1C(=O)C(CC)(CC)NC(=O)C1CCC. The molecule has 0 saturated carbocycles. The Morgan fingerprint density at radius 2 is 1.67 bits per heavy atom. The van der Waals surface area contributed by atoms with Crippen LogP contribution in [0.1, 0.15) is 79.1 Å². The molecule has 1 unspecified atom stereocenters. The molecule has 1 fully saturated rings. The number of hydrogen-bond acceptors (Lipinski definition) is 2.